The smallest absolute Gasteiger partial charge is 0.355 e. The van der Waals surface area contributed by atoms with Crippen LogP contribution in [0.1, 0.15) is 64.5 Å². The number of rotatable bonds is 10. The molecule has 7 rings (SSSR count). The molecule has 0 bridgehead atoms. The van der Waals surface area contributed by atoms with Gasteiger partial charge in [0.05, 0.1) is 16.3 Å². The number of nitrogens with zero attached hydrogens (tertiary/aromatic N) is 3. The Morgan fingerprint density at radius 3 is 2.32 bits per heavy atom. The SMILES string of the molecule is NS(=O)(=O)c1ccc(Cc2c(-c3ccc(F)c(-c4ccc(C5CC5)cc4)c3)nn(-c3nc(C(=O)O)cs3)c2CC2CC2)cc1. The summed E-state index contributed by atoms with van der Waals surface area (Å²) in [5.41, 5.74) is 6.46. The molecule has 8 nitrogen and oxygen atoms in total. The van der Waals surface area contributed by atoms with Crippen LogP contribution in [0.3, 0.4) is 0 Å². The van der Waals surface area contributed by atoms with Crippen molar-refractivity contribution in [2.75, 3.05) is 0 Å². The maximum atomic E-state index is 15.3. The molecule has 3 aromatic carbocycles. The summed E-state index contributed by atoms with van der Waals surface area (Å²) in [6.45, 7) is 0. The third-order valence-electron chi connectivity index (χ3n) is 8.30. The highest BCUT2D eigenvalue weighted by Crippen LogP contribution is 2.42. The monoisotopic (exact) mass is 628 g/mol. The first-order chi connectivity index (χ1) is 21.1. The third kappa shape index (κ3) is 5.82. The van der Waals surface area contributed by atoms with E-state index in [4.69, 9.17) is 10.2 Å². The lowest BCUT2D eigenvalue weighted by molar-refractivity contribution is 0.0691. The van der Waals surface area contributed by atoms with E-state index in [-0.39, 0.29) is 16.4 Å². The number of hydrogen-bond donors (Lipinski definition) is 2. The minimum atomic E-state index is -3.84. The highest BCUT2D eigenvalue weighted by atomic mass is 32.2. The summed E-state index contributed by atoms with van der Waals surface area (Å²) in [5.74, 6) is -0.385. The summed E-state index contributed by atoms with van der Waals surface area (Å²) in [6, 6.07) is 19.5. The van der Waals surface area contributed by atoms with Crippen LogP contribution in [0.2, 0.25) is 0 Å². The maximum Gasteiger partial charge on any atom is 0.355 e. The fourth-order valence-corrected chi connectivity index (χ4v) is 6.86. The topological polar surface area (TPSA) is 128 Å². The second kappa shape index (κ2) is 11.1. The molecule has 0 amide bonds. The van der Waals surface area contributed by atoms with Gasteiger partial charge in [0, 0.05) is 28.5 Å². The Morgan fingerprint density at radius 2 is 1.70 bits per heavy atom. The van der Waals surface area contributed by atoms with E-state index in [0.717, 1.165) is 47.2 Å². The summed E-state index contributed by atoms with van der Waals surface area (Å²) < 4.78 is 40.7. The van der Waals surface area contributed by atoms with Crippen LogP contribution >= 0.6 is 11.3 Å². The molecule has 44 heavy (non-hydrogen) atoms. The number of thiazole rings is 1. The van der Waals surface area contributed by atoms with Gasteiger partial charge < -0.3 is 5.11 Å². The summed E-state index contributed by atoms with van der Waals surface area (Å²) in [6.07, 6.45) is 5.68. The van der Waals surface area contributed by atoms with E-state index < -0.39 is 16.0 Å². The molecule has 0 aliphatic heterocycles. The van der Waals surface area contributed by atoms with Gasteiger partial charge in [-0.05, 0) is 91.0 Å². The first kappa shape index (κ1) is 28.6. The Balaban J connectivity index is 1.36. The van der Waals surface area contributed by atoms with Crippen molar-refractivity contribution < 1.29 is 22.7 Å². The van der Waals surface area contributed by atoms with Crippen molar-refractivity contribution in [3.63, 3.8) is 0 Å². The standard InChI is InChI=1S/C33H29FN4O4S2/c34-28-14-11-24(17-26(28)23-9-7-22(8-10-23)21-5-6-21)31-27(15-19-3-12-25(13-4-19)44(35,41)42)30(16-20-1-2-20)38(37-31)33-36-29(18-43-33)32(39)40/h3-4,7-14,17-18,20-21H,1-2,5-6,15-16H2,(H,39,40)(H2,35,41,42). The van der Waals surface area contributed by atoms with Crippen molar-refractivity contribution in [2.24, 2.45) is 11.1 Å². The average Bonchev–Trinajstić information content (AvgIpc) is 3.93. The molecule has 0 spiro atoms. The van der Waals surface area contributed by atoms with Crippen molar-refractivity contribution in [2.45, 2.75) is 49.3 Å². The van der Waals surface area contributed by atoms with E-state index in [1.807, 2.05) is 18.2 Å². The van der Waals surface area contributed by atoms with Crippen molar-refractivity contribution in [1.82, 2.24) is 14.8 Å². The van der Waals surface area contributed by atoms with Crippen molar-refractivity contribution >= 4 is 27.3 Å². The molecular formula is C33H29FN4O4S2. The van der Waals surface area contributed by atoms with Crippen molar-refractivity contribution in [3.05, 3.63) is 106 Å². The lowest BCUT2D eigenvalue weighted by Gasteiger charge is -2.11. The molecule has 224 valence electrons. The van der Waals surface area contributed by atoms with Gasteiger partial charge in [-0.25, -0.2) is 32.4 Å². The van der Waals surface area contributed by atoms with Crippen molar-refractivity contribution in [3.8, 4) is 27.5 Å². The van der Waals surface area contributed by atoms with Gasteiger partial charge in [-0.15, -0.1) is 11.3 Å². The fraction of sp³-hybridized carbons (Fsp3) is 0.242. The van der Waals surface area contributed by atoms with Gasteiger partial charge in [0.25, 0.3) is 0 Å². The summed E-state index contributed by atoms with van der Waals surface area (Å²) in [7, 11) is -3.84. The van der Waals surface area contributed by atoms with Gasteiger partial charge in [-0.1, -0.05) is 36.4 Å². The second-order valence-electron chi connectivity index (χ2n) is 11.6. The van der Waals surface area contributed by atoms with Crippen LogP contribution < -0.4 is 5.14 Å². The Bertz CT molecular complexity index is 1990. The number of aromatic nitrogens is 3. The molecule has 0 radical (unpaired) electrons. The minimum Gasteiger partial charge on any atom is -0.476 e. The van der Waals surface area contributed by atoms with E-state index in [2.05, 4.69) is 17.1 Å². The quantitative estimate of drug-likeness (QED) is 0.180. The number of carboxylic acid groups (broad SMARTS) is 1. The zero-order valence-corrected chi connectivity index (χ0v) is 25.2. The predicted molar refractivity (Wildman–Crippen MR) is 166 cm³/mol. The Hall–Kier alpha value is -4.19. The molecule has 2 aliphatic carbocycles. The van der Waals surface area contributed by atoms with Crippen molar-refractivity contribution in [1.29, 1.82) is 0 Å². The molecule has 5 aromatic rings. The molecule has 2 aromatic heterocycles. The molecule has 0 unspecified atom stereocenters. The number of carbonyl (C=O) groups is 1. The first-order valence-corrected chi connectivity index (χ1v) is 16.9. The van der Waals surface area contributed by atoms with E-state index in [1.165, 1.54) is 53.3 Å². The van der Waals surface area contributed by atoms with Gasteiger partial charge in [-0.3, -0.25) is 0 Å². The molecule has 2 saturated carbocycles. The normalized spacial score (nSPS) is 15.0. The van der Waals surface area contributed by atoms with Crippen LogP contribution in [0.4, 0.5) is 4.39 Å². The summed E-state index contributed by atoms with van der Waals surface area (Å²) in [5, 5.41) is 21.8. The van der Waals surface area contributed by atoms with Crippen LogP contribution in [-0.2, 0) is 22.9 Å². The second-order valence-corrected chi connectivity index (χ2v) is 14.0. The van der Waals surface area contributed by atoms with Gasteiger partial charge in [0.2, 0.25) is 15.2 Å². The lowest BCUT2D eigenvalue weighted by atomic mass is 9.94. The Kier molecular flexibility index (Phi) is 7.19. The summed E-state index contributed by atoms with van der Waals surface area (Å²) >= 11 is 1.20. The summed E-state index contributed by atoms with van der Waals surface area (Å²) in [4.78, 5) is 16.0. The highest BCUT2D eigenvalue weighted by molar-refractivity contribution is 7.89. The van der Waals surface area contributed by atoms with E-state index >= 15 is 4.39 Å². The molecule has 2 heterocycles. The van der Waals surface area contributed by atoms with Crippen LogP contribution in [0, 0.1) is 11.7 Å². The van der Waals surface area contributed by atoms with E-state index in [0.29, 0.717) is 34.6 Å². The molecule has 2 fully saturated rings. The number of nitrogens with two attached hydrogens (primary N) is 1. The van der Waals surface area contributed by atoms with Gasteiger partial charge in [-0.2, -0.15) is 5.10 Å². The van der Waals surface area contributed by atoms with E-state index in [1.54, 1.807) is 22.9 Å². The molecule has 0 saturated heterocycles. The Labute approximate surface area is 258 Å². The van der Waals surface area contributed by atoms with E-state index in [9.17, 15) is 18.3 Å². The average molecular weight is 629 g/mol. The third-order valence-corrected chi connectivity index (χ3v) is 10.0. The highest BCUT2D eigenvalue weighted by Gasteiger charge is 2.30. The number of primary sulfonamides is 1. The van der Waals surface area contributed by atoms with Crippen LogP contribution in [0.15, 0.2) is 77.0 Å². The van der Waals surface area contributed by atoms with Crippen LogP contribution in [0.25, 0.3) is 27.5 Å². The van der Waals surface area contributed by atoms with Crippen LogP contribution in [-0.4, -0.2) is 34.3 Å². The zero-order chi connectivity index (χ0) is 30.6. The number of hydrogen-bond acceptors (Lipinski definition) is 6. The molecular weight excluding hydrogens is 600 g/mol. The minimum absolute atomic E-state index is 0.0234. The lowest BCUT2D eigenvalue weighted by Crippen LogP contribution is -2.12. The number of benzene rings is 3. The number of halogens is 1. The van der Waals surface area contributed by atoms with Gasteiger partial charge >= 0.3 is 5.97 Å². The fourth-order valence-electron chi connectivity index (χ4n) is 5.57. The largest absolute Gasteiger partial charge is 0.476 e. The molecule has 11 heteroatoms. The molecule has 3 N–H and O–H groups in total. The molecule has 2 aliphatic rings. The maximum absolute atomic E-state index is 15.3. The zero-order valence-electron chi connectivity index (χ0n) is 23.6. The van der Waals surface area contributed by atoms with Crippen LogP contribution in [0.5, 0.6) is 0 Å². The number of aromatic carboxylic acids is 1. The number of sulfonamides is 1. The van der Waals surface area contributed by atoms with Gasteiger partial charge in [0.15, 0.2) is 5.69 Å². The predicted octanol–water partition coefficient (Wildman–Crippen LogP) is 6.57. The first-order valence-electron chi connectivity index (χ1n) is 14.5. The Morgan fingerprint density at radius 1 is 1.00 bits per heavy atom. The molecule has 0 atom stereocenters. The van der Waals surface area contributed by atoms with Gasteiger partial charge in [0.1, 0.15) is 5.82 Å². The number of carboxylic acids is 1.